The maximum absolute atomic E-state index is 5.75. The molecule has 1 aromatic carbocycles. The molecule has 0 fully saturated rings. The van der Waals surface area contributed by atoms with Gasteiger partial charge in [0.2, 0.25) is 0 Å². The first-order valence-electron chi connectivity index (χ1n) is 5.10. The summed E-state index contributed by atoms with van der Waals surface area (Å²) in [6.07, 6.45) is 0. The minimum absolute atomic E-state index is 0.788. The first kappa shape index (κ1) is 10.7. The minimum atomic E-state index is 0.788. The Balaban J connectivity index is 2.41. The Morgan fingerprint density at radius 3 is 2.87 bits per heavy atom. The second kappa shape index (κ2) is 4.37. The molecule has 80 valence electrons. The van der Waals surface area contributed by atoms with Crippen LogP contribution in [0.2, 0.25) is 0 Å². The molecule has 1 aromatic heterocycles. The number of hydrogen-bond donors (Lipinski definition) is 1. The largest absolute Gasteiger partial charge is 0.459 e. The molecule has 0 amide bonds. The van der Waals surface area contributed by atoms with Crippen LogP contribution in [0.4, 0.5) is 0 Å². The molecule has 0 aliphatic heterocycles. The third kappa shape index (κ3) is 2.24. The lowest BCUT2D eigenvalue weighted by Gasteiger charge is -1.96. The van der Waals surface area contributed by atoms with Crippen molar-refractivity contribution >= 4 is 26.9 Å². The molecule has 0 saturated carbocycles. The van der Waals surface area contributed by atoms with Crippen molar-refractivity contribution in [1.82, 2.24) is 5.32 Å². The molecule has 2 aromatic rings. The van der Waals surface area contributed by atoms with Crippen molar-refractivity contribution < 1.29 is 4.42 Å². The molecule has 15 heavy (non-hydrogen) atoms. The van der Waals surface area contributed by atoms with E-state index in [2.05, 4.69) is 53.3 Å². The number of benzene rings is 1. The van der Waals surface area contributed by atoms with Crippen LogP contribution in [0, 0.1) is 6.92 Å². The average Bonchev–Trinajstić information content (AvgIpc) is 2.57. The molecule has 0 saturated heterocycles. The van der Waals surface area contributed by atoms with Gasteiger partial charge in [0, 0.05) is 5.39 Å². The van der Waals surface area contributed by atoms with Gasteiger partial charge in [-0.3, -0.25) is 0 Å². The molecular formula is C12H14BrNO. The topological polar surface area (TPSA) is 25.2 Å². The van der Waals surface area contributed by atoms with Crippen LogP contribution in [0.25, 0.3) is 11.0 Å². The summed E-state index contributed by atoms with van der Waals surface area (Å²) in [5, 5.41) is 4.41. The molecule has 0 bridgehead atoms. The number of rotatable bonds is 3. The van der Waals surface area contributed by atoms with Gasteiger partial charge in [0.1, 0.15) is 11.3 Å². The number of fused-ring (bicyclic) bond motifs is 1. The fraction of sp³-hybridized carbons (Fsp3) is 0.333. The summed E-state index contributed by atoms with van der Waals surface area (Å²) in [6, 6.07) is 6.30. The zero-order chi connectivity index (χ0) is 10.8. The van der Waals surface area contributed by atoms with Crippen LogP contribution in [0.15, 0.2) is 27.1 Å². The van der Waals surface area contributed by atoms with E-state index in [0.29, 0.717) is 0 Å². The Labute approximate surface area is 97.8 Å². The van der Waals surface area contributed by atoms with Gasteiger partial charge in [0.15, 0.2) is 0 Å². The van der Waals surface area contributed by atoms with E-state index in [1.165, 1.54) is 5.56 Å². The number of furan rings is 1. The second-order valence-electron chi connectivity index (χ2n) is 3.66. The zero-order valence-corrected chi connectivity index (χ0v) is 10.5. The number of hydrogen-bond acceptors (Lipinski definition) is 2. The monoisotopic (exact) mass is 267 g/mol. The smallest absolute Gasteiger partial charge is 0.148 e. The predicted octanol–water partition coefficient (Wildman–Crippen LogP) is 3.61. The highest BCUT2D eigenvalue weighted by atomic mass is 79.9. The van der Waals surface area contributed by atoms with Crippen molar-refractivity contribution in [2.75, 3.05) is 6.54 Å². The third-order valence-corrected chi connectivity index (χ3v) is 2.90. The lowest BCUT2D eigenvalue weighted by atomic mass is 10.2. The van der Waals surface area contributed by atoms with Gasteiger partial charge in [-0.15, -0.1) is 0 Å². The van der Waals surface area contributed by atoms with Gasteiger partial charge in [0.25, 0.3) is 0 Å². The number of halogens is 1. The summed E-state index contributed by atoms with van der Waals surface area (Å²) in [5.74, 6) is 0.984. The number of aryl methyl sites for hydroxylation is 1. The summed E-state index contributed by atoms with van der Waals surface area (Å²) < 4.78 is 6.77. The van der Waals surface area contributed by atoms with Crippen LogP contribution < -0.4 is 5.32 Å². The van der Waals surface area contributed by atoms with Crippen molar-refractivity contribution in [3.8, 4) is 0 Å². The van der Waals surface area contributed by atoms with Crippen molar-refractivity contribution in [1.29, 1.82) is 0 Å². The highest BCUT2D eigenvalue weighted by molar-refractivity contribution is 9.10. The van der Waals surface area contributed by atoms with E-state index >= 15 is 0 Å². The van der Waals surface area contributed by atoms with Gasteiger partial charge in [0.05, 0.1) is 11.0 Å². The summed E-state index contributed by atoms with van der Waals surface area (Å²) in [5.41, 5.74) is 2.18. The van der Waals surface area contributed by atoms with Crippen LogP contribution in [-0.4, -0.2) is 6.54 Å². The molecule has 0 aliphatic carbocycles. The van der Waals surface area contributed by atoms with Gasteiger partial charge < -0.3 is 9.73 Å². The highest BCUT2D eigenvalue weighted by Gasteiger charge is 2.07. The summed E-state index contributed by atoms with van der Waals surface area (Å²) in [4.78, 5) is 0. The summed E-state index contributed by atoms with van der Waals surface area (Å²) >= 11 is 3.52. The van der Waals surface area contributed by atoms with Gasteiger partial charge in [-0.2, -0.15) is 0 Å². The second-order valence-corrected chi connectivity index (χ2v) is 4.51. The Bertz CT molecular complexity index is 476. The molecule has 3 heteroatoms. The van der Waals surface area contributed by atoms with E-state index in [1.54, 1.807) is 0 Å². The van der Waals surface area contributed by atoms with Crippen molar-refractivity contribution in [2.45, 2.75) is 20.4 Å². The summed E-state index contributed by atoms with van der Waals surface area (Å²) in [7, 11) is 0. The third-order valence-electron chi connectivity index (χ3n) is 2.32. The van der Waals surface area contributed by atoms with Gasteiger partial charge in [-0.05, 0) is 53.2 Å². The van der Waals surface area contributed by atoms with Gasteiger partial charge in [-0.1, -0.05) is 6.92 Å². The molecule has 1 N–H and O–H groups in total. The van der Waals surface area contributed by atoms with E-state index in [4.69, 9.17) is 4.42 Å². The summed E-state index contributed by atoms with van der Waals surface area (Å²) in [6.45, 7) is 5.91. The van der Waals surface area contributed by atoms with Crippen LogP contribution in [0.3, 0.4) is 0 Å². The highest BCUT2D eigenvalue weighted by Crippen LogP contribution is 2.28. The van der Waals surface area contributed by atoms with Gasteiger partial charge >= 0.3 is 0 Å². The molecule has 0 spiro atoms. The van der Waals surface area contributed by atoms with Crippen LogP contribution in [0.5, 0.6) is 0 Å². The molecule has 2 nitrogen and oxygen atoms in total. The molecule has 1 heterocycles. The fourth-order valence-electron chi connectivity index (χ4n) is 1.64. The molecular weight excluding hydrogens is 254 g/mol. The Morgan fingerprint density at radius 1 is 1.33 bits per heavy atom. The molecule has 0 radical (unpaired) electrons. The normalized spacial score (nSPS) is 11.1. The lowest BCUT2D eigenvalue weighted by Crippen LogP contribution is -2.10. The van der Waals surface area contributed by atoms with Crippen molar-refractivity contribution in [2.24, 2.45) is 0 Å². The fourth-order valence-corrected chi connectivity index (χ4v) is 2.31. The van der Waals surface area contributed by atoms with E-state index in [9.17, 15) is 0 Å². The van der Waals surface area contributed by atoms with E-state index in [1.807, 2.05) is 0 Å². The van der Waals surface area contributed by atoms with Crippen LogP contribution in [-0.2, 0) is 6.54 Å². The maximum Gasteiger partial charge on any atom is 0.148 e. The minimum Gasteiger partial charge on any atom is -0.459 e. The average molecular weight is 268 g/mol. The predicted molar refractivity (Wildman–Crippen MR) is 66.0 cm³/mol. The van der Waals surface area contributed by atoms with E-state index in [0.717, 1.165) is 34.3 Å². The molecule has 2 rings (SSSR count). The van der Waals surface area contributed by atoms with Crippen LogP contribution >= 0.6 is 15.9 Å². The van der Waals surface area contributed by atoms with E-state index in [-0.39, 0.29) is 0 Å². The number of nitrogens with one attached hydrogen (secondary N) is 1. The SMILES string of the molecule is CCNCc1cc2cc(C)cc(Br)c2o1. The van der Waals surface area contributed by atoms with Gasteiger partial charge in [-0.25, -0.2) is 0 Å². The Morgan fingerprint density at radius 2 is 2.13 bits per heavy atom. The molecule has 0 unspecified atom stereocenters. The Hall–Kier alpha value is -0.800. The molecule has 0 atom stereocenters. The van der Waals surface area contributed by atoms with E-state index < -0.39 is 0 Å². The quantitative estimate of drug-likeness (QED) is 0.919. The van der Waals surface area contributed by atoms with Crippen molar-refractivity contribution in [3.05, 3.63) is 34.0 Å². The lowest BCUT2D eigenvalue weighted by molar-refractivity contribution is 0.519. The first-order valence-corrected chi connectivity index (χ1v) is 5.89. The zero-order valence-electron chi connectivity index (χ0n) is 8.93. The maximum atomic E-state index is 5.75. The van der Waals surface area contributed by atoms with Crippen LogP contribution in [0.1, 0.15) is 18.2 Å². The first-order chi connectivity index (χ1) is 7.20. The Kier molecular flexibility index (Phi) is 3.12. The standard InChI is InChI=1S/C12H14BrNO/c1-3-14-7-10-6-9-4-8(2)5-11(13)12(9)15-10/h4-6,14H,3,7H2,1-2H3. The van der Waals surface area contributed by atoms with Crippen molar-refractivity contribution in [3.63, 3.8) is 0 Å². The molecule has 0 aliphatic rings.